The van der Waals surface area contributed by atoms with E-state index in [0.717, 1.165) is 0 Å². The van der Waals surface area contributed by atoms with Crippen LogP contribution in [0.5, 0.6) is 5.75 Å². The van der Waals surface area contributed by atoms with Crippen molar-refractivity contribution in [3.63, 3.8) is 0 Å². The fraction of sp³-hybridized carbons (Fsp3) is 0.650. The third-order valence-electron chi connectivity index (χ3n) is 5.66. The molecular formula is C20H28N2O13. The van der Waals surface area contributed by atoms with Gasteiger partial charge in [0.15, 0.2) is 6.29 Å². The molecule has 0 spiro atoms. The first-order chi connectivity index (χ1) is 16.6. The van der Waals surface area contributed by atoms with Gasteiger partial charge in [0.1, 0.15) is 54.5 Å². The zero-order valence-corrected chi connectivity index (χ0v) is 18.5. The van der Waals surface area contributed by atoms with Crippen LogP contribution in [0, 0.1) is 10.1 Å². The molecule has 0 aromatic heterocycles. The maximum atomic E-state index is 11.9. The zero-order valence-electron chi connectivity index (χ0n) is 18.5. The summed E-state index contributed by atoms with van der Waals surface area (Å²) < 4.78 is 22.3. The zero-order chi connectivity index (χ0) is 25.9. The highest BCUT2D eigenvalue weighted by molar-refractivity contribution is 5.73. The predicted molar refractivity (Wildman–Crippen MR) is 112 cm³/mol. The van der Waals surface area contributed by atoms with Crippen LogP contribution in [0.25, 0.3) is 0 Å². The fourth-order valence-electron chi connectivity index (χ4n) is 3.83. The Balaban J connectivity index is 1.88. The molecule has 0 saturated carbocycles. The van der Waals surface area contributed by atoms with Crippen LogP contribution in [-0.2, 0) is 19.0 Å². The number of benzene rings is 1. The second-order valence-corrected chi connectivity index (χ2v) is 8.11. The summed E-state index contributed by atoms with van der Waals surface area (Å²) in [7, 11) is 0. The Bertz CT molecular complexity index is 869. The van der Waals surface area contributed by atoms with Gasteiger partial charge in [0, 0.05) is 19.1 Å². The molecular weight excluding hydrogens is 476 g/mol. The second-order valence-electron chi connectivity index (χ2n) is 8.11. The normalized spacial score (nSPS) is 37.5. The number of nitro groups is 1. The summed E-state index contributed by atoms with van der Waals surface area (Å²) in [4.78, 5) is 22.2. The molecule has 2 aliphatic heterocycles. The van der Waals surface area contributed by atoms with Gasteiger partial charge in [0.2, 0.25) is 12.2 Å². The monoisotopic (exact) mass is 504 g/mol. The number of non-ortho nitro benzene ring substituents is 1. The van der Waals surface area contributed by atoms with E-state index in [1.54, 1.807) is 0 Å². The molecule has 0 aliphatic carbocycles. The maximum absolute atomic E-state index is 11.9. The second kappa shape index (κ2) is 11.5. The van der Waals surface area contributed by atoms with Crippen molar-refractivity contribution in [3.8, 4) is 5.75 Å². The van der Waals surface area contributed by atoms with Crippen molar-refractivity contribution >= 4 is 11.6 Å². The average Bonchev–Trinajstić information content (AvgIpc) is 2.82. The Kier molecular flexibility index (Phi) is 8.92. The number of carbonyl (C=O) groups excluding carboxylic acids is 1. The summed E-state index contributed by atoms with van der Waals surface area (Å²) in [6.07, 6.45) is -13.9. The summed E-state index contributed by atoms with van der Waals surface area (Å²) in [5.41, 5.74) is -0.201. The van der Waals surface area contributed by atoms with E-state index in [4.69, 9.17) is 18.9 Å². The van der Waals surface area contributed by atoms with Gasteiger partial charge in [-0.3, -0.25) is 14.9 Å². The molecule has 2 heterocycles. The summed E-state index contributed by atoms with van der Waals surface area (Å²) in [5.74, 6) is -0.497. The molecule has 3 rings (SSSR count). The number of nitrogens with zero attached hydrogens (tertiary/aromatic N) is 1. The maximum Gasteiger partial charge on any atom is 0.269 e. The summed E-state index contributed by atoms with van der Waals surface area (Å²) in [5, 5.41) is 73.6. The third kappa shape index (κ3) is 6.03. The quantitative estimate of drug-likeness (QED) is 0.136. The topological polar surface area (TPSA) is 231 Å². The van der Waals surface area contributed by atoms with E-state index in [1.165, 1.54) is 31.2 Å². The van der Waals surface area contributed by atoms with Gasteiger partial charge >= 0.3 is 0 Å². The number of nitro benzene ring substituents is 1. The van der Waals surface area contributed by atoms with Crippen LogP contribution in [0.2, 0.25) is 0 Å². The van der Waals surface area contributed by atoms with Gasteiger partial charge in [-0.1, -0.05) is 0 Å². The van der Waals surface area contributed by atoms with Gasteiger partial charge in [-0.2, -0.15) is 0 Å². The molecule has 0 radical (unpaired) electrons. The van der Waals surface area contributed by atoms with Crippen LogP contribution >= 0.6 is 0 Å². The van der Waals surface area contributed by atoms with Crippen molar-refractivity contribution in [2.75, 3.05) is 13.2 Å². The largest absolute Gasteiger partial charge is 0.463 e. The van der Waals surface area contributed by atoms with Crippen molar-refractivity contribution in [3.05, 3.63) is 34.4 Å². The molecule has 15 heteroatoms. The van der Waals surface area contributed by atoms with Crippen LogP contribution in [0.15, 0.2) is 24.3 Å². The SMILES string of the molecule is CC(=O)N[C@H]1[C@H](Oc2ccc([N+](=O)[O-])cc2)O[C@H](CO)[C@@H](O)[C@@H]1O[C@H]1O[C@H](CO)[C@H](O)[C@H](O)[C@H]1O. The van der Waals surface area contributed by atoms with E-state index in [-0.39, 0.29) is 11.4 Å². The highest BCUT2D eigenvalue weighted by atomic mass is 16.7. The Labute approximate surface area is 198 Å². The van der Waals surface area contributed by atoms with E-state index in [1.807, 2.05) is 0 Å². The molecule has 1 aromatic carbocycles. The summed E-state index contributed by atoms with van der Waals surface area (Å²) >= 11 is 0. The molecule has 15 nitrogen and oxygen atoms in total. The number of amides is 1. The lowest BCUT2D eigenvalue weighted by molar-refractivity contribution is -0.384. The number of rotatable bonds is 8. The van der Waals surface area contributed by atoms with Crippen LogP contribution < -0.4 is 10.1 Å². The Morgan fingerprint density at radius 1 is 0.971 bits per heavy atom. The summed E-state index contributed by atoms with van der Waals surface area (Å²) in [6, 6.07) is 3.63. The van der Waals surface area contributed by atoms with Gasteiger partial charge in [0.05, 0.1) is 18.1 Å². The minimum absolute atomic E-state index is 0.0932. The minimum Gasteiger partial charge on any atom is -0.463 e. The Morgan fingerprint density at radius 2 is 1.54 bits per heavy atom. The van der Waals surface area contributed by atoms with Crippen molar-refractivity contribution in [2.45, 2.75) is 68.3 Å². The van der Waals surface area contributed by atoms with Crippen molar-refractivity contribution in [2.24, 2.45) is 0 Å². The first kappa shape index (κ1) is 27.1. The smallest absolute Gasteiger partial charge is 0.269 e. The molecule has 2 fully saturated rings. The van der Waals surface area contributed by atoms with Crippen LogP contribution in [0.4, 0.5) is 5.69 Å². The summed E-state index contributed by atoms with van der Waals surface area (Å²) in [6.45, 7) is -0.262. The highest BCUT2D eigenvalue weighted by Crippen LogP contribution is 2.31. The van der Waals surface area contributed by atoms with Gasteiger partial charge in [-0.25, -0.2) is 0 Å². The van der Waals surface area contributed by atoms with Crippen LogP contribution in [0.1, 0.15) is 6.92 Å². The first-order valence-corrected chi connectivity index (χ1v) is 10.7. The number of nitrogens with one attached hydrogen (secondary N) is 1. The molecule has 1 aromatic rings. The lowest BCUT2D eigenvalue weighted by atomic mass is 9.95. The lowest BCUT2D eigenvalue weighted by Gasteiger charge is -2.47. The molecule has 1 amide bonds. The molecule has 10 atom stereocenters. The molecule has 2 saturated heterocycles. The standard InChI is InChI=1S/C20H28N2O13/c1-8(25)21-13-18(35-20-17(29)16(28)14(26)11(6-23)34-20)15(27)12(7-24)33-19(13)32-10-4-2-9(3-5-10)22(30)31/h2-5,11-20,23-24,26-29H,6-7H2,1H3,(H,21,25)/t11-,12-,13-,14+,15-,16+,17-,18-,19-,20-/m1/s1. The number of carbonyl (C=O) groups is 1. The van der Waals surface area contributed by atoms with E-state index in [0.29, 0.717) is 0 Å². The lowest BCUT2D eigenvalue weighted by Crippen LogP contribution is -2.68. The average molecular weight is 504 g/mol. The highest BCUT2D eigenvalue weighted by Gasteiger charge is 2.52. The molecule has 0 bridgehead atoms. The first-order valence-electron chi connectivity index (χ1n) is 10.7. The van der Waals surface area contributed by atoms with Gasteiger partial charge in [0.25, 0.3) is 5.69 Å². The van der Waals surface area contributed by atoms with Crippen molar-refractivity contribution in [1.29, 1.82) is 0 Å². The number of aliphatic hydroxyl groups is 6. The van der Waals surface area contributed by atoms with E-state index >= 15 is 0 Å². The molecule has 196 valence electrons. The van der Waals surface area contributed by atoms with E-state index in [2.05, 4.69) is 5.32 Å². The van der Waals surface area contributed by atoms with Crippen LogP contribution in [0.3, 0.4) is 0 Å². The van der Waals surface area contributed by atoms with Crippen molar-refractivity contribution < 1.29 is 59.3 Å². The molecule has 2 aliphatic rings. The molecule has 7 N–H and O–H groups in total. The van der Waals surface area contributed by atoms with Crippen molar-refractivity contribution in [1.82, 2.24) is 5.32 Å². The number of hydrogen-bond acceptors (Lipinski definition) is 13. The fourth-order valence-corrected chi connectivity index (χ4v) is 3.83. The number of aliphatic hydroxyl groups excluding tert-OH is 6. The Morgan fingerprint density at radius 3 is 2.09 bits per heavy atom. The van der Waals surface area contributed by atoms with E-state index < -0.39 is 85.4 Å². The van der Waals surface area contributed by atoms with Gasteiger partial charge in [-0.05, 0) is 12.1 Å². The van der Waals surface area contributed by atoms with Crippen LogP contribution in [-0.4, -0.2) is 116 Å². The predicted octanol–water partition coefficient (Wildman–Crippen LogP) is -3.26. The molecule has 0 unspecified atom stereocenters. The third-order valence-corrected chi connectivity index (χ3v) is 5.66. The minimum atomic E-state index is -1.80. The van der Waals surface area contributed by atoms with Gasteiger partial charge < -0.3 is 54.9 Å². The number of hydrogen-bond donors (Lipinski definition) is 7. The Hall–Kier alpha value is -2.47. The number of ether oxygens (including phenoxy) is 4. The molecule has 35 heavy (non-hydrogen) atoms. The van der Waals surface area contributed by atoms with Gasteiger partial charge in [-0.15, -0.1) is 0 Å². The van der Waals surface area contributed by atoms with E-state index in [9.17, 15) is 45.5 Å².